The molecule has 0 unspecified atom stereocenters. The van der Waals surface area contributed by atoms with E-state index >= 15 is 0 Å². The van der Waals surface area contributed by atoms with Crippen molar-refractivity contribution in [1.82, 2.24) is 9.62 Å². The van der Waals surface area contributed by atoms with Gasteiger partial charge in [0.2, 0.25) is 10.0 Å². The van der Waals surface area contributed by atoms with E-state index < -0.39 is 10.0 Å². The van der Waals surface area contributed by atoms with Crippen molar-refractivity contribution < 1.29 is 8.42 Å². The van der Waals surface area contributed by atoms with Gasteiger partial charge in [-0.3, -0.25) is 0 Å². The Morgan fingerprint density at radius 1 is 1.14 bits per heavy atom. The summed E-state index contributed by atoms with van der Waals surface area (Å²) in [6.45, 7) is 5.41. The van der Waals surface area contributed by atoms with Gasteiger partial charge in [0.1, 0.15) is 0 Å². The Balaban J connectivity index is 2.10. The normalized spacial score (nSPS) is 15.9. The van der Waals surface area contributed by atoms with Crippen LogP contribution >= 0.6 is 0 Å². The highest BCUT2D eigenvalue weighted by atomic mass is 32.2. The fourth-order valence-electron chi connectivity index (χ4n) is 3.16. The molecule has 1 aliphatic rings. The number of nitrogens with one attached hydrogen (secondary N) is 1. The monoisotopic (exact) mass is 324 g/mol. The first-order valence-corrected chi connectivity index (χ1v) is 9.44. The Labute approximate surface area is 135 Å². The first-order chi connectivity index (χ1) is 10.2. The first-order valence-electron chi connectivity index (χ1n) is 7.96. The molecule has 124 valence electrons. The number of sulfonamides is 1. The molecule has 0 bridgehead atoms. The van der Waals surface area contributed by atoms with Gasteiger partial charge in [-0.25, -0.2) is 13.1 Å². The Hall–Kier alpha value is -0.910. The topological polar surface area (TPSA) is 49.4 Å². The third-order valence-corrected chi connectivity index (χ3v) is 5.51. The maximum absolute atomic E-state index is 12.5. The molecule has 1 aromatic rings. The maximum atomic E-state index is 12.5. The van der Waals surface area contributed by atoms with Crippen LogP contribution < -0.4 is 4.72 Å². The Morgan fingerprint density at radius 3 is 2.41 bits per heavy atom. The lowest BCUT2D eigenvalue weighted by molar-refractivity contribution is 0.242. The van der Waals surface area contributed by atoms with Gasteiger partial charge in [-0.1, -0.05) is 19.9 Å². The van der Waals surface area contributed by atoms with Gasteiger partial charge >= 0.3 is 0 Å². The lowest BCUT2D eigenvalue weighted by Crippen LogP contribution is -2.39. The van der Waals surface area contributed by atoms with Gasteiger partial charge in [0.05, 0.1) is 4.90 Å². The summed E-state index contributed by atoms with van der Waals surface area (Å²) < 4.78 is 27.8. The standard InChI is InChI=1S/C17H28N2O2S/c1-17(2,13-19(3)4)12-18-22(20,21)16-10-9-14-7-5-6-8-15(14)11-16/h9-11,18H,5-8,12-13H2,1-4H3. The molecule has 0 spiro atoms. The molecule has 0 heterocycles. The quantitative estimate of drug-likeness (QED) is 0.874. The van der Waals surface area contributed by atoms with Gasteiger partial charge in [0, 0.05) is 13.1 Å². The van der Waals surface area contributed by atoms with E-state index in [2.05, 4.69) is 23.5 Å². The molecule has 0 fully saturated rings. The molecular weight excluding hydrogens is 296 g/mol. The number of nitrogens with zero attached hydrogens (tertiary/aromatic N) is 1. The summed E-state index contributed by atoms with van der Waals surface area (Å²) in [5.41, 5.74) is 2.39. The molecule has 1 aliphatic carbocycles. The Morgan fingerprint density at radius 2 is 1.77 bits per heavy atom. The third kappa shape index (κ3) is 4.54. The minimum Gasteiger partial charge on any atom is -0.309 e. The highest BCUT2D eigenvalue weighted by Gasteiger charge is 2.23. The zero-order valence-electron chi connectivity index (χ0n) is 14.1. The average Bonchev–Trinajstić information content (AvgIpc) is 2.44. The summed E-state index contributed by atoms with van der Waals surface area (Å²) in [6.07, 6.45) is 4.42. The third-order valence-electron chi connectivity index (χ3n) is 4.12. The Kier molecular flexibility index (Phi) is 5.30. The number of hydrogen-bond acceptors (Lipinski definition) is 3. The zero-order chi connectivity index (χ0) is 16.4. The second-order valence-electron chi connectivity index (χ2n) is 7.36. The molecule has 4 nitrogen and oxygen atoms in total. The van der Waals surface area contributed by atoms with Crippen LogP contribution in [0, 0.1) is 5.41 Å². The highest BCUT2D eigenvalue weighted by molar-refractivity contribution is 7.89. The van der Waals surface area contributed by atoms with Crippen molar-refractivity contribution in [1.29, 1.82) is 0 Å². The average molecular weight is 324 g/mol. The second kappa shape index (κ2) is 6.69. The van der Waals surface area contributed by atoms with Gasteiger partial charge in [0.15, 0.2) is 0 Å². The molecular formula is C17H28N2O2S. The fraction of sp³-hybridized carbons (Fsp3) is 0.647. The molecule has 0 amide bonds. The molecule has 22 heavy (non-hydrogen) atoms. The van der Waals surface area contributed by atoms with Crippen LogP contribution in [0.3, 0.4) is 0 Å². The summed E-state index contributed by atoms with van der Waals surface area (Å²) in [4.78, 5) is 2.47. The van der Waals surface area contributed by atoms with Crippen LogP contribution in [0.5, 0.6) is 0 Å². The van der Waals surface area contributed by atoms with E-state index in [0.717, 1.165) is 25.8 Å². The maximum Gasteiger partial charge on any atom is 0.240 e. The van der Waals surface area contributed by atoms with E-state index in [0.29, 0.717) is 11.4 Å². The van der Waals surface area contributed by atoms with Crippen LogP contribution in [-0.4, -0.2) is 40.5 Å². The lowest BCUT2D eigenvalue weighted by Gasteiger charge is -2.28. The minimum atomic E-state index is -3.43. The highest BCUT2D eigenvalue weighted by Crippen LogP contribution is 2.24. The second-order valence-corrected chi connectivity index (χ2v) is 9.13. The van der Waals surface area contributed by atoms with E-state index in [1.807, 2.05) is 26.2 Å². The zero-order valence-corrected chi connectivity index (χ0v) is 15.0. The van der Waals surface area contributed by atoms with E-state index in [1.165, 1.54) is 17.5 Å². The van der Waals surface area contributed by atoms with Crippen molar-refractivity contribution in [3.05, 3.63) is 29.3 Å². The predicted molar refractivity (Wildman–Crippen MR) is 90.6 cm³/mol. The SMILES string of the molecule is CN(C)CC(C)(C)CNS(=O)(=O)c1ccc2c(c1)CCCC2. The summed E-state index contributed by atoms with van der Waals surface area (Å²) in [6, 6.07) is 5.58. The van der Waals surface area contributed by atoms with E-state index in [9.17, 15) is 8.42 Å². The fourth-order valence-corrected chi connectivity index (χ4v) is 4.45. The van der Waals surface area contributed by atoms with Gasteiger partial charge < -0.3 is 4.90 Å². The molecule has 0 saturated heterocycles. The van der Waals surface area contributed by atoms with Crippen LogP contribution in [-0.2, 0) is 22.9 Å². The van der Waals surface area contributed by atoms with Gasteiger partial charge in [0.25, 0.3) is 0 Å². The van der Waals surface area contributed by atoms with Crippen molar-refractivity contribution in [2.45, 2.75) is 44.4 Å². The summed E-state index contributed by atoms with van der Waals surface area (Å²) >= 11 is 0. The van der Waals surface area contributed by atoms with Crippen molar-refractivity contribution >= 4 is 10.0 Å². The van der Waals surface area contributed by atoms with Gasteiger partial charge in [-0.2, -0.15) is 0 Å². The molecule has 2 rings (SSSR count). The molecule has 1 N–H and O–H groups in total. The Bertz CT molecular complexity index is 622. The number of benzene rings is 1. The number of aryl methyl sites for hydroxylation is 2. The molecule has 0 saturated carbocycles. The smallest absolute Gasteiger partial charge is 0.240 e. The largest absolute Gasteiger partial charge is 0.309 e. The summed E-state index contributed by atoms with van der Waals surface area (Å²) in [5.74, 6) is 0. The van der Waals surface area contributed by atoms with Crippen molar-refractivity contribution in [3.8, 4) is 0 Å². The van der Waals surface area contributed by atoms with Crippen molar-refractivity contribution in [2.75, 3.05) is 27.2 Å². The molecule has 0 atom stereocenters. The summed E-state index contributed by atoms with van der Waals surface area (Å²) in [5, 5.41) is 0. The van der Waals surface area contributed by atoms with Gasteiger partial charge in [-0.15, -0.1) is 0 Å². The van der Waals surface area contributed by atoms with Gasteiger partial charge in [-0.05, 0) is 68.5 Å². The van der Waals surface area contributed by atoms with Crippen LogP contribution in [0.25, 0.3) is 0 Å². The van der Waals surface area contributed by atoms with Crippen LogP contribution in [0.15, 0.2) is 23.1 Å². The predicted octanol–water partition coefficient (Wildman–Crippen LogP) is 2.43. The van der Waals surface area contributed by atoms with Crippen LogP contribution in [0.1, 0.15) is 37.8 Å². The molecule has 1 aromatic carbocycles. The van der Waals surface area contributed by atoms with Crippen molar-refractivity contribution in [3.63, 3.8) is 0 Å². The van der Waals surface area contributed by atoms with E-state index in [-0.39, 0.29) is 5.41 Å². The van der Waals surface area contributed by atoms with E-state index in [1.54, 1.807) is 6.07 Å². The lowest BCUT2D eigenvalue weighted by atomic mass is 9.92. The molecule has 0 radical (unpaired) electrons. The van der Waals surface area contributed by atoms with Crippen LogP contribution in [0.4, 0.5) is 0 Å². The first kappa shape index (κ1) is 17.4. The van der Waals surface area contributed by atoms with E-state index in [4.69, 9.17) is 0 Å². The minimum absolute atomic E-state index is 0.106. The molecule has 0 aromatic heterocycles. The summed E-state index contributed by atoms with van der Waals surface area (Å²) in [7, 11) is 0.568. The number of hydrogen-bond donors (Lipinski definition) is 1. The molecule has 5 heteroatoms. The van der Waals surface area contributed by atoms with Crippen molar-refractivity contribution in [2.24, 2.45) is 5.41 Å². The molecule has 0 aliphatic heterocycles. The number of rotatable bonds is 6. The number of fused-ring (bicyclic) bond motifs is 1. The van der Waals surface area contributed by atoms with Crippen LogP contribution in [0.2, 0.25) is 0 Å².